The lowest BCUT2D eigenvalue weighted by Crippen LogP contribution is -2.47. The molecule has 120 valence electrons. The average molecular weight is 312 g/mol. The summed E-state index contributed by atoms with van der Waals surface area (Å²) in [6.45, 7) is 1.51. The fraction of sp³-hybridized carbons (Fsp3) is 0.429. The first-order chi connectivity index (χ1) is 10.4. The van der Waals surface area contributed by atoms with Gasteiger partial charge in [0.2, 0.25) is 5.91 Å². The molecule has 0 aromatic heterocycles. The smallest absolute Gasteiger partial charge is 0.319 e. The third kappa shape index (κ3) is 4.66. The minimum absolute atomic E-state index is 0.0624. The van der Waals surface area contributed by atoms with E-state index in [2.05, 4.69) is 10.6 Å². The highest BCUT2D eigenvalue weighted by Gasteiger charge is 2.21. The number of piperidine rings is 1. The molecule has 6 nitrogen and oxygen atoms in total. The van der Waals surface area contributed by atoms with Crippen molar-refractivity contribution in [3.8, 4) is 0 Å². The van der Waals surface area contributed by atoms with Crippen LogP contribution in [-0.2, 0) is 4.79 Å². The van der Waals surface area contributed by atoms with E-state index in [0.29, 0.717) is 32.0 Å². The molecule has 1 fully saturated rings. The summed E-state index contributed by atoms with van der Waals surface area (Å²) in [5.41, 5.74) is 5.05. The minimum Gasteiger partial charge on any atom is -0.369 e. The van der Waals surface area contributed by atoms with Crippen molar-refractivity contribution in [2.24, 2.45) is 5.73 Å². The molecule has 1 aromatic carbocycles. The molecule has 1 aliphatic heterocycles. The molecule has 1 aliphatic rings. The molecule has 4 N–H and O–H groups in total. The number of rotatable bonds is 4. The van der Waals surface area contributed by atoms with Crippen molar-refractivity contribution in [1.82, 2.24) is 10.2 Å². The van der Waals surface area contributed by atoms with E-state index in [1.54, 1.807) is 0 Å². The molecule has 8 heteroatoms. The van der Waals surface area contributed by atoms with Crippen molar-refractivity contribution in [2.75, 3.05) is 25.0 Å². The molecule has 0 saturated carbocycles. The van der Waals surface area contributed by atoms with Crippen LogP contribution in [-0.4, -0.2) is 42.5 Å². The van der Waals surface area contributed by atoms with Crippen molar-refractivity contribution in [3.63, 3.8) is 0 Å². The summed E-state index contributed by atoms with van der Waals surface area (Å²) in [6, 6.07) is 2.34. The lowest BCUT2D eigenvalue weighted by atomic mass is 10.1. The van der Waals surface area contributed by atoms with Crippen molar-refractivity contribution in [3.05, 3.63) is 29.8 Å². The number of nitrogens with zero attached hydrogens (tertiary/aromatic N) is 1. The van der Waals surface area contributed by atoms with E-state index in [9.17, 15) is 18.4 Å². The summed E-state index contributed by atoms with van der Waals surface area (Å²) in [5, 5.41) is 5.08. The van der Waals surface area contributed by atoms with Gasteiger partial charge in [-0.25, -0.2) is 13.6 Å². The summed E-state index contributed by atoms with van der Waals surface area (Å²) in [4.78, 5) is 24.5. The van der Waals surface area contributed by atoms with Crippen LogP contribution in [0, 0.1) is 11.6 Å². The Morgan fingerprint density at radius 2 is 1.95 bits per heavy atom. The van der Waals surface area contributed by atoms with Gasteiger partial charge in [0.05, 0.1) is 12.2 Å². The van der Waals surface area contributed by atoms with Crippen LogP contribution in [0.3, 0.4) is 0 Å². The van der Waals surface area contributed by atoms with E-state index in [1.165, 1.54) is 6.07 Å². The Morgan fingerprint density at radius 1 is 1.27 bits per heavy atom. The Kier molecular flexibility index (Phi) is 5.26. The number of anilines is 1. The fourth-order valence-corrected chi connectivity index (χ4v) is 2.39. The second-order valence-electron chi connectivity index (χ2n) is 5.24. The molecular formula is C14H18F2N4O2. The van der Waals surface area contributed by atoms with Gasteiger partial charge in [0.15, 0.2) is 0 Å². The second-order valence-corrected chi connectivity index (χ2v) is 5.24. The molecule has 0 aliphatic carbocycles. The number of benzene rings is 1. The monoisotopic (exact) mass is 312 g/mol. The van der Waals surface area contributed by atoms with E-state index in [0.717, 1.165) is 6.07 Å². The lowest BCUT2D eigenvalue weighted by molar-refractivity contribution is -0.119. The SMILES string of the molecule is NC(=O)CN1CCC(NC(=O)Nc2ccc(F)cc2F)CC1. The third-order valence-electron chi connectivity index (χ3n) is 3.48. The molecule has 3 amide bonds. The predicted octanol–water partition coefficient (Wildman–Crippen LogP) is 1.04. The van der Waals surface area contributed by atoms with Crippen LogP contribution in [0.15, 0.2) is 18.2 Å². The number of primary amides is 1. The van der Waals surface area contributed by atoms with Crippen LogP contribution < -0.4 is 16.4 Å². The van der Waals surface area contributed by atoms with Gasteiger partial charge in [-0.05, 0) is 25.0 Å². The normalized spacial score (nSPS) is 16.3. The predicted molar refractivity (Wildman–Crippen MR) is 77.2 cm³/mol. The maximum absolute atomic E-state index is 13.4. The van der Waals surface area contributed by atoms with Crippen molar-refractivity contribution in [2.45, 2.75) is 18.9 Å². The molecule has 0 bridgehead atoms. The number of amides is 3. The fourth-order valence-electron chi connectivity index (χ4n) is 2.39. The van der Waals surface area contributed by atoms with Gasteiger partial charge in [-0.15, -0.1) is 0 Å². The molecular weight excluding hydrogens is 294 g/mol. The zero-order chi connectivity index (χ0) is 16.1. The molecule has 0 spiro atoms. The Labute approximate surface area is 126 Å². The Hall–Kier alpha value is -2.22. The number of hydrogen-bond acceptors (Lipinski definition) is 3. The van der Waals surface area contributed by atoms with Crippen LogP contribution in [0.1, 0.15) is 12.8 Å². The zero-order valence-corrected chi connectivity index (χ0v) is 11.9. The second kappa shape index (κ2) is 7.17. The van der Waals surface area contributed by atoms with Gasteiger partial charge in [0.25, 0.3) is 0 Å². The van der Waals surface area contributed by atoms with Gasteiger partial charge in [0.1, 0.15) is 11.6 Å². The quantitative estimate of drug-likeness (QED) is 0.776. The van der Waals surface area contributed by atoms with E-state index in [1.807, 2.05) is 4.90 Å². The zero-order valence-electron chi connectivity index (χ0n) is 11.9. The summed E-state index contributed by atoms with van der Waals surface area (Å²) in [7, 11) is 0. The number of urea groups is 1. The number of hydrogen-bond donors (Lipinski definition) is 3. The van der Waals surface area contributed by atoms with Gasteiger partial charge in [0, 0.05) is 25.2 Å². The molecule has 0 radical (unpaired) electrons. The maximum Gasteiger partial charge on any atom is 0.319 e. The van der Waals surface area contributed by atoms with Gasteiger partial charge < -0.3 is 16.4 Å². The van der Waals surface area contributed by atoms with E-state index >= 15 is 0 Å². The molecule has 0 unspecified atom stereocenters. The molecule has 1 aromatic rings. The highest BCUT2D eigenvalue weighted by atomic mass is 19.1. The van der Waals surface area contributed by atoms with E-state index < -0.39 is 17.7 Å². The lowest BCUT2D eigenvalue weighted by Gasteiger charge is -2.31. The number of carbonyl (C=O) groups is 2. The molecule has 22 heavy (non-hydrogen) atoms. The van der Waals surface area contributed by atoms with Gasteiger partial charge in [-0.2, -0.15) is 0 Å². The van der Waals surface area contributed by atoms with Gasteiger partial charge in [-0.3, -0.25) is 9.69 Å². The van der Waals surface area contributed by atoms with Crippen LogP contribution in [0.25, 0.3) is 0 Å². The topological polar surface area (TPSA) is 87.5 Å². The van der Waals surface area contributed by atoms with Gasteiger partial charge >= 0.3 is 6.03 Å². The van der Waals surface area contributed by atoms with Gasteiger partial charge in [-0.1, -0.05) is 0 Å². The number of likely N-dealkylation sites (tertiary alicyclic amines) is 1. The van der Waals surface area contributed by atoms with E-state index in [-0.39, 0.29) is 24.2 Å². The van der Waals surface area contributed by atoms with Crippen LogP contribution >= 0.6 is 0 Å². The Morgan fingerprint density at radius 3 is 2.55 bits per heavy atom. The van der Waals surface area contributed by atoms with Crippen molar-refractivity contribution >= 4 is 17.6 Å². The summed E-state index contributed by atoms with van der Waals surface area (Å²) < 4.78 is 26.2. The summed E-state index contributed by atoms with van der Waals surface area (Å²) >= 11 is 0. The van der Waals surface area contributed by atoms with Crippen LogP contribution in [0.4, 0.5) is 19.3 Å². The minimum atomic E-state index is -0.827. The molecule has 1 heterocycles. The third-order valence-corrected chi connectivity index (χ3v) is 3.48. The van der Waals surface area contributed by atoms with E-state index in [4.69, 9.17) is 5.73 Å². The highest BCUT2D eigenvalue weighted by molar-refractivity contribution is 5.89. The Bertz CT molecular complexity index is 560. The Balaban J connectivity index is 1.79. The highest BCUT2D eigenvalue weighted by Crippen LogP contribution is 2.15. The number of nitrogens with two attached hydrogens (primary N) is 1. The largest absolute Gasteiger partial charge is 0.369 e. The average Bonchev–Trinajstić information content (AvgIpc) is 2.43. The first kappa shape index (κ1) is 16.2. The molecule has 2 rings (SSSR count). The first-order valence-electron chi connectivity index (χ1n) is 6.97. The van der Waals surface area contributed by atoms with Crippen LogP contribution in [0.2, 0.25) is 0 Å². The van der Waals surface area contributed by atoms with Crippen molar-refractivity contribution < 1.29 is 18.4 Å². The summed E-state index contributed by atoms with van der Waals surface area (Å²) in [5.74, 6) is -1.91. The van der Waals surface area contributed by atoms with Crippen LogP contribution in [0.5, 0.6) is 0 Å². The van der Waals surface area contributed by atoms with Crippen molar-refractivity contribution in [1.29, 1.82) is 0 Å². The maximum atomic E-state index is 13.4. The summed E-state index contributed by atoms with van der Waals surface area (Å²) in [6.07, 6.45) is 1.35. The molecule has 1 saturated heterocycles. The number of carbonyl (C=O) groups excluding carboxylic acids is 2. The molecule has 0 atom stereocenters. The number of nitrogens with one attached hydrogen (secondary N) is 2. The first-order valence-corrected chi connectivity index (χ1v) is 6.97. The standard InChI is InChI=1S/C14H18F2N4O2/c15-9-1-2-12(11(16)7-9)19-14(22)18-10-3-5-20(6-4-10)8-13(17)21/h1-2,7,10H,3-6,8H2,(H2,17,21)(H2,18,19,22). The number of halogens is 2.